The Bertz CT molecular complexity index is 592. The summed E-state index contributed by atoms with van der Waals surface area (Å²) >= 11 is 0. The Morgan fingerprint density at radius 1 is 1.29 bits per heavy atom. The first kappa shape index (κ1) is 18.2. The number of hydrazine groups is 1. The summed E-state index contributed by atoms with van der Waals surface area (Å²) in [4.78, 5) is 25.8. The minimum Gasteiger partial charge on any atom is -0.350 e. The van der Waals surface area contributed by atoms with Gasteiger partial charge in [-0.05, 0) is 45.7 Å². The molecule has 0 aromatic heterocycles. The van der Waals surface area contributed by atoms with E-state index < -0.39 is 6.04 Å². The standard InChI is InChI=1S/C19H27N3O2/c1-5-13-21-14-9-12-16(17(23)20-19(2,3)4)22(21)18(24)15-10-7-6-8-11-15/h5-8,10-11,16H,1,9,12-14H2,2-4H3,(H,20,23). The molecule has 1 aromatic carbocycles. The van der Waals surface area contributed by atoms with Crippen LogP contribution >= 0.6 is 0 Å². The summed E-state index contributed by atoms with van der Waals surface area (Å²) in [6.45, 7) is 10.9. The molecule has 24 heavy (non-hydrogen) atoms. The third-order valence-corrected chi connectivity index (χ3v) is 3.86. The van der Waals surface area contributed by atoms with Crippen LogP contribution in [0.25, 0.3) is 0 Å². The predicted octanol–water partition coefficient (Wildman–Crippen LogP) is 2.61. The molecule has 1 aromatic rings. The second-order valence-electron chi connectivity index (χ2n) is 7.11. The summed E-state index contributed by atoms with van der Waals surface area (Å²) in [5.41, 5.74) is 0.251. The smallest absolute Gasteiger partial charge is 0.268 e. The van der Waals surface area contributed by atoms with Crippen molar-refractivity contribution in [3.8, 4) is 0 Å². The molecule has 1 saturated heterocycles. The van der Waals surface area contributed by atoms with Crippen LogP contribution in [-0.4, -0.2) is 46.5 Å². The van der Waals surface area contributed by atoms with Crippen molar-refractivity contribution in [1.29, 1.82) is 0 Å². The van der Waals surface area contributed by atoms with Gasteiger partial charge in [-0.2, -0.15) is 0 Å². The second-order valence-corrected chi connectivity index (χ2v) is 7.11. The van der Waals surface area contributed by atoms with Crippen molar-refractivity contribution in [3.63, 3.8) is 0 Å². The second kappa shape index (κ2) is 7.62. The van der Waals surface area contributed by atoms with Crippen molar-refractivity contribution in [3.05, 3.63) is 48.6 Å². The van der Waals surface area contributed by atoms with Crippen LogP contribution in [0, 0.1) is 0 Å². The Morgan fingerprint density at radius 2 is 1.96 bits per heavy atom. The van der Waals surface area contributed by atoms with Gasteiger partial charge in [-0.1, -0.05) is 24.3 Å². The molecule has 0 bridgehead atoms. The van der Waals surface area contributed by atoms with Crippen LogP contribution in [0.5, 0.6) is 0 Å². The number of carbonyl (C=O) groups excluding carboxylic acids is 2. The van der Waals surface area contributed by atoms with Gasteiger partial charge in [-0.15, -0.1) is 6.58 Å². The lowest BCUT2D eigenvalue weighted by atomic mass is 10.0. The molecule has 5 nitrogen and oxygen atoms in total. The first-order chi connectivity index (χ1) is 11.3. The number of benzene rings is 1. The number of rotatable bonds is 4. The molecule has 1 fully saturated rings. The Hall–Kier alpha value is -2.14. The van der Waals surface area contributed by atoms with Crippen LogP contribution < -0.4 is 5.32 Å². The zero-order valence-electron chi connectivity index (χ0n) is 14.8. The van der Waals surface area contributed by atoms with Crippen molar-refractivity contribution < 1.29 is 9.59 Å². The van der Waals surface area contributed by atoms with Crippen LogP contribution in [-0.2, 0) is 4.79 Å². The van der Waals surface area contributed by atoms with Gasteiger partial charge in [0.1, 0.15) is 6.04 Å². The van der Waals surface area contributed by atoms with E-state index in [1.54, 1.807) is 23.2 Å². The molecular weight excluding hydrogens is 302 g/mol. The molecule has 1 atom stereocenters. The fourth-order valence-electron chi connectivity index (χ4n) is 2.90. The average molecular weight is 329 g/mol. The lowest BCUT2D eigenvalue weighted by Crippen LogP contribution is -2.61. The molecule has 2 rings (SSSR count). The average Bonchev–Trinajstić information content (AvgIpc) is 2.53. The number of hydrogen-bond donors (Lipinski definition) is 1. The minimum atomic E-state index is -0.495. The van der Waals surface area contributed by atoms with Gasteiger partial charge in [0, 0.05) is 24.2 Å². The monoisotopic (exact) mass is 329 g/mol. The van der Waals surface area contributed by atoms with E-state index in [4.69, 9.17) is 0 Å². The summed E-state index contributed by atoms with van der Waals surface area (Å²) in [7, 11) is 0. The molecule has 130 valence electrons. The van der Waals surface area contributed by atoms with E-state index in [2.05, 4.69) is 11.9 Å². The van der Waals surface area contributed by atoms with Crippen molar-refractivity contribution in [2.24, 2.45) is 0 Å². The number of amides is 2. The summed E-state index contributed by atoms with van der Waals surface area (Å²) < 4.78 is 0. The van der Waals surface area contributed by atoms with Gasteiger partial charge in [0.15, 0.2) is 0 Å². The van der Waals surface area contributed by atoms with Crippen molar-refractivity contribution in [2.45, 2.75) is 45.2 Å². The largest absolute Gasteiger partial charge is 0.350 e. The quantitative estimate of drug-likeness (QED) is 0.864. The maximum atomic E-state index is 13.0. The molecule has 1 aliphatic rings. The van der Waals surface area contributed by atoms with Gasteiger partial charge in [-0.3, -0.25) is 14.6 Å². The molecule has 1 N–H and O–H groups in total. The van der Waals surface area contributed by atoms with Crippen molar-refractivity contribution in [2.75, 3.05) is 13.1 Å². The third kappa shape index (κ3) is 4.45. The Balaban J connectivity index is 2.31. The molecule has 1 aliphatic heterocycles. The molecular formula is C19H27N3O2. The van der Waals surface area contributed by atoms with Crippen LogP contribution in [0.1, 0.15) is 44.0 Å². The molecule has 1 unspecified atom stereocenters. The zero-order valence-corrected chi connectivity index (χ0v) is 14.8. The van der Waals surface area contributed by atoms with Crippen LogP contribution in [0.15, 0.2) is 43.0 Å². The lowest BCUT2D eigenvalue weighted by Gasteiger charge is -2.43. The number of hydrogen-bond acceptors (Lipinski definition) is 3. The molecule has 0 spiro atoms. The Morgan fingerprint density at radius 3 is 2.54 bits per heavy atom. The highest BCUT2D eigenvalue weighted by Gasteiger charge is 2.38. The summed E-state index contributed by atoms with van der Waals surface area (Å²) in [5, 5.41) is 6.53. The molecule has 0 radical (unpaired) electrons. The first-order valence-corrected chi connectivity index (χ1v) is 8.40. The molecule has 2 amide bonds. The van der Waals surface area contributed by atoms with E-state index in [9.17, 15) is 9.59 Å². The molecule has 0 aliphatic carbocycles. The maximum absolute atomic E-state index is 13.0. The third-order valence-electron chi connectivity index (χ3n) is 3.86. The Labute approximate surface area is 144 Å². The highest BCUT2D eigenvalue weighted by atomic mass is 16.2. The SMILES string of the molecule is C=CCN1CCCC(C(=O)NC(C)(C)C)N1C(=O)c1ccccc1. The first-order valence-electron chi connectivity index (χ1n) is 8.40. The van der Waals surface area contributed by atoms with E-state index in [0.717, 1.165) is 13.0 Å². The van der Waals surface area contributed by atoms with Gasteiger partial charge < -0.3 is 5.32 Å². The van der Waals surface area contributed by atoms with E-state index >= 15 is 0 Å². The maximum Gasteiger partial charge on any atom is 0.268 e. The van der Waals surface area contributed by atoms with Crippen molar-refractivity contribution >= 4 is 11.8 Å². The molecule has 0 saturated carbocycles. The van der Waals surface area contributed by atoms with Crippen LogP contribution in [0.2, 0.25) is 0 Å². The van der Waals surface area contributed by atoms with Crippen LogP contribution in [0.4, 0.5) is 0 Å². The highest BCUT2D eigenvalue weighted by Crippen LogP contribution is 2.22. The van der Waals surface area contributed by atoms with Gasteiger partial charge in [-0.25, -0.2) is 5.01 Å². The van der Waals surface area contributed by atoms with E-state index in [0.29, 0.717) is 18.5 Å². The fourth-order valence-corrected chi connectivity index (χ4v) is 2.90. The number of nitrogens with zero attached hydrogens (tertiary/aromatic N) is 2. The zero-order chi connectivity index (χ0) is 17.7. The predicted molar refractivity (Wildman–Crippen MR) is 95.3 cm³/mol. The van der Waals surface area contributed by atoms with Crippen molar-refractivity contribution in [1.82, 2.24) is 15.3 Å². The van der Waals surface area contributed by atoms with Gasteiger partial charge in [0.2, 0.25) is 5.91 Å². The van der Waals surface area contributed by atoms with E-state index in [1.165, 1.54) is 0 Å². The number of nitrogens with one attached hydrogen (secondary N) is 1. The topological polar surface area (TPSA) is 52.7 Å². The molecule has 1 heterocycles. The normalized spacial score (nSPS) is 19.0. The van der Waals surface area contributed by atoms with Gasteiger partial charge >= 0.3 is 0 Å². The van der Waals surface area contributed by atoms with Crippen LogP contribution in [0.3, 0.4) is 0 Å². The summed E-state index contributed by atoms with van der Waals surface area (Å²) in [5.74, 6) is -0.258. The summed E-state index contributed by atoms with van der Waals surface area (Å²) in [6.07, 6.45) is 3.29. The Kier molecular flexibility index (Phi) is 5.78. The van der Waals surface area contributed by atoms with E-state index in [1.807, 2.05) is 44.0 Å². The summed E-state index contributed by atoms with van der Waals surface area (Å²) in [6, 6.07) is 8.60. The fraction of sp³-hybridized carbons (Fsp3) is 0.474. The van der Waals surface area contributed by atoms with Gasteiger partial charge in [0.05, 0.1) is 0 Å². The van der Waals surface area contributed by atoms with E-state index in [-0.39, 0.29) is 17.4 Å². The minimum absolute atomic E-state index is 0.111. The molecule has 5 heteroatoms. The number of carbonyl (C=O) groups is 2. The van der Waals surface area contributed by atoms with Gasteiger partial charge in [0.25, 0.3) is 5.91 Å². The lowest BCUT2D eigenvalue weighted by molar-refractivity contribution is -0.137. The highest BCUT2D eigenvalue weighted by molar-refractivity contribution is 5.97.